The van der Waals surface area contributed by atoms with Crippen molar-refractivity contribution in [1.29, 1.82) is 0 Å². The fourth-order valence-electron chi connectivity index (χ4n) is 2.24. The van der Waals surface area contributed by atoms with Gasteiger partial charge in [0.25, 0.3) is 12.1 Å². The highest BCUT2D eigenvalue weighted by molar-refractivity contribution is 5.41. The van der Waals surface area contributed by atoms with Crippen LogP contribution in [-0.4, -0.2) is 17.5 Å². The van der Waals surface area contributed by atoms with E-state index in [4.69, 9.17) is 0 Å². The van der Waals surface area contributed by atoms with Gasteiger partial charge in [0.05, 0.1) is 4.92 Å². The molecule has 1 aromatic rings. The van der Waals surface area contributed by atoms with Gasteiger partial charge in [-0.2, -0.15) is 0 Å². The standard InChI is InChI=1S/C15H22F2N2O2/c1-5-18-13(15(2,3)4)8-10-6-7-11(19(20)21)9-12(10)14(16)17/h6-7,9,13-14,18H,5,8H2,1-4H3. The summed E-state index contributed by atoms with van der Waals surface area (Å²) in [5.41, 5.74) is -0.199. The SMILES string of the molecule is CCNC(Cc1ccc([N+](=O)[O-])cc1C(F)F)C(C)(C)C. The van der Waals surface area contributed by atoms with Crippen LogP contribution in [0.2, 0.25) is 0 Å². The minimum absolute atomic E-state index is 0.0152. The van der Waals surface area contributed by atoms with E-state index < -0.39 is 11.3 Å². The van der Waals surface area contributed by atoms with Crippen LogP contribution < -0.4 is 5.32 Å². The number of nitro groups is 1. The van der Waals surface area contributed by atoms with Crippen molar-refractivity contribution in [2.24, 2.45) is 5.41 Å². The van der Waals surface area contributed by atoms with Gasteiger partial charge in [0.15, 0.2) is 0 Å². The molecule has 0 heterocycles. The molecule has 1 unspecified atom stereocenters. The summed E-state index contributed by atoms with van der Waals surface area (Å²) in [6.07, 6.45) is -2.31. The fourth-order valence-corrected chi connectivity index (χ4v) is 2.24. The van der Waals surface area contributed by atoms with Gasteiger partial charge in [0, 0.05) is 23.7 Å². The van der Waals surface area contributed by atoms with Gasteiger partial charge < -0.3 is 5.32 Å². The second-order valence-corrected chi connectivity index (χ2v) is 6.12. The number of hydrogen-bond acceptors (Lipinski definition) is 3. The molecule has 21 heavy (non-hydrogen) atoms. The zero-order valence-electron chi connectivity index (χ0n) is 12.8. The number of nitro benzene ring substituents is 1. The van der Waals surface area contributed by atoms with E-state index >= 15 is 0 Å². The smallest absolute Gasteiger partial charge is 0.269 e. The summed E-state index contributed by atoms with van der Waals surface area (Å²) in [6.45, 7) is 8.80. The number of rotatable bonds is 6. The number of benzene rings is 1. The number of likely N-dealkylation sites (N-methyl/N-ethyl adjacent to an activating group) is 1. The molecule has 6 heteroatoms. The molecule has 1 rings (SSSR count). The van der Waals surface area contributed by atoms with E-state index in [0.717, 1.165) is 12.6 Å². The molecule has 0 bridgehead atoms. The lowest BCUT2D eigenvalue weighted by Gasteiger charge is -2.32. The van der Waals surface area contributed by atoms with Crippen LogP contribution in [0, 0.1) is 15.5 Å². The van der Waals surface area contributed by atoms with Crippen molar-refractivity contribution in [2.45, 2.75) is 46.6 Å². The lowest BCUT2D eigenvalue weighted by Crippen LogP contribution is -2.42. The Labute approximate surface area is 123 Å². The molecule has 1 N–H and O–H groups in total. The fraction of sp³-hybridized carbons (Fsp3) is 0.600. The van der Waals surface area contributed by atoms with E-state index in [1.807, 2.05) is 27.7 Å². The molecule has 0 aliphatic heterocycles. The summed E-state index contributed by atoms with van der Waals surface area (Å²) in [6, 6.07) is 3.72. The molecular formula is C15H22F2N2O2. The van der Waals surface area contributed by atoms with E-state index in [9.17, 15) is 18.9 Å². The van der Waals surface area contributed by atoms with Crippen molar-refractivity contribution in [2.75, 3.05) is 6.54 Å². The molecule has 0 saturated carbocycles. The molecule has 0 saturated heterocycles. The molecule has 118 valence electrons. The van der Waals surface area contributed by atoms with E-state index in [2.05, 4.69) is 5.32 Å². The molecular weight excluding hydrogens is 278 g/mol. The van der Waals surface area contributed by atoms with Crippen molar-refractivity contribution in [3.8, 4) is 0 Å². The molecule has 4 nitrogen and oxygen atoms in total. The monoisotopic (exact) mass is 300 g/mol. The van der Waals surface area contributed by atoms with Gasteiger partial charge in [-0.15, -0.1) is 0 Å². The van der Waals surface area contributed by atoms with Crippen molar-refractivity contribution in [3.05, 3.63) is 39.4 Å². The first kappa shape index (κ1) is 17.5. The van der Waals surface area contributed by atoms with Crippen LogP contribution in [0.25, 0.3) is 0 Å². The van der Waals surface area contributed by atoms with Crippen LogP contribution in [0.1, 0.15) is 45.2 Å². The van der Waals surface area contributed by atoms with Crippen LogP contribution in [0.4, 0.5) is 14.5 Å². The topological polar surface area (TPSA) is 55.2 Å². The molecule has 0 aromatic heterocycles. The van der Waals surface area contributed by atoms with Crippen LogP contribution >= 0.6 is 0 Å². The summed E-state index contributed by atoms with van der Waals surface area (Å²) < 4.78 is 26.3. The molecule has 0 fully saturated rings. The summed E-state index contributed by atoms with van der Waals surface area (Å²) in [5.74, 6) is 0. The molecule has 0 amide bonds. The van der Waals surface area contributed by atoms with Gasteiger partial charge in [0.1, 0.15) is 0 Å². The largest absolute Gasteiger partial charge is 0.313 e. The van der Waals surface area contributed by atoms with Gasteiger partial charge in [-0.25, -0.2) is 8.78 Å². The predicted molar refractivity (Wildman–Crippen MR) is 78.7 cm³/mol. The second-order valence-electron chi connectivity index (χ2n) is 6.12. The molecule has 0 aliphatic rings. The van der Waals surface area contributed by atoms with E-state index in [1.54, 1.807) is 0 Å². The summed E-state index contributed by atoms with van der Waals surface area (Å²) in [5, 5.41) is 14.0. The number of nitrogens with one attached hydrogen (secondary N) is 1. The van der Waals surface area contributed by atoms with Crippen molar-refractivity contribution < 1.29 is 13.7 Å². The molecule has 0 radical (unpaired) electrons. The number of non-ortho nitro benzene ring substituents is 1. The van der Waals surface area contributed by atoms with Crippen LogP contribution in [-0.2, 0) is 6.42 Å². The summed E-state index contributed by atoms with van der Waals surface area (Å²) in [4.78, 5) is 10.1. The molecule has 1 aromatic carbocycles. The average Bonchev–Trinajstić information content (AvgIpc) is 2.36. The Hall–Kier alpha value is -1.56. The highest BCUT2D eigenvalue weighted by Gasteiger charge is 2.26. The third kappa shape index (κ3) is 4.74. The Morgan fingerprint density at radius 2 is 1.95 bits per heavy atom. The zero-order valence-corrected chi connectivity index (χ0v) is 12.8. The van der Waals surface area contributed by atoms with E-state index in [0.29, 0.717) is 12.0 Å². The summed E-state index contributed by atoms with van der Waals surface area (Å²) in [7, 11) is 0. The Kier molecular flexibility index (Phi) is 5.78. The Bertz CT molecular complexity index is 499. The van der Waals surface area contributed by atoms with Crippen LogP contribution in [0.5, 0.6) is 0 Å². The van der Waals surface area contributed by atoms with Gasteiger partial charge in [-0.1, -0.05) is 33.8 Å². The van der Waals surface area contributed by atoms with Gasteiger partial charge in [-0.3, -0.25) is 10.1 Å². The minimum Gasteiger partial charge on any atom is -0.313 e. The van der Waals surface area contributed by atoms with Crippen molar-refractivity contribution in [1.82, 2.24) is 5.32 Å². The number of halogens is 2. The third-order valence-corrected chi connectivity index (χ3v) is 3.50. The molecule has 0 aliphatic carbocycles. The maximum atomic E-state index is 13.2. The van der Waals surface area contributed by atoms with Crippen molar-refractivity contribution >= 4 is 5.69 Å². The second kappa shape index (κ2) is 6.93. The average molecular weight is 300 g/mol. The Morgan fingerprint density at radius 3 is 2.38 bits per heavy atom. The Balaban J connectivity index is 3.14. The first-order valence-corrected chi connectivity index (χ1v) is 6.95. The number of nitrogens with zero attached hydrogens (tertiary/aromatic N) is 1. The first-order chi connectivity index (χ1) is 9.66. The first-order valence-electron chi connectivity index (χ1n) is 6.95. The molecule has 0 spiro atoms. The quantitative estimate of drug-likeness (QED) is 0.635. The maximum Gasteiger partial charge on any atom is 0.269 e. The maximum absolute atomic E-state index is 13.2. The van der Waals surface area contributed by atoms with Crippen LogP contribution in [0.15, 0.2) is 18.2 Å². The lowest BCUT2D eigenvalue weighted by atomic mass is 9.82. The van der Waals surface area contributed by atoms with Crippen molar-refractivity contribution in [3.63, 3.8) is 0 Å². The predicted octanol–water partition coefficient (Wildman–Crippen LogP) is 4.10. The highest BCUT2D eigenvalue weighted by atomic mass is 19.3. The van der Waals surface area contributed by atoms with Gasteiger partial charge in [0.2, 0.25) is 0 Å². The zero-order chi connectivity index (χ0) is 16.2. The molecule has 1 atom stereocenters. The van der Waals surface area contributed by atoms with Gasteiger partial charge >= 0.3 is 0 Å². The normalized spacial score (nSPS) is 13.5. The lowest BCUT2D eigenvalue weighted by molar-refractivity contribution is -0.385. The number of hydrogen-bond donors (Lipinski definition) is 1. The van der Waals surface area contributed by atoms with Gasteiger partial charge in [-0.05, 0) is 23.9 Å². The van der Waals surface area contributed by atoms with Crippen LogP contribution in [0.3, 0.4) is 0 Å². The summed E-state index contributed by atoms with van der Waals surface area (Å²) >= 11 is 0. The third-order valence-electron chi connectivity index (χ3n) is 3.50. The van der Waals surface area contributed by atoms with E-state index in [-0.39, 0.29) is 22.7 Å². The highest BCUT2D eigenvalue weighted by Crippen LogP contribution is 2.30. The number of alkyl halides is 2. The minimum atomic E-state index is -2.72. The van der Waals surface area contributed by atoms with E-state index in [1.165, 1.54) is 12.1 Å². The Morgan fingerprint density at radius 1 is 1.33 bits per heavy atom.